The van der Waals surface area contributed by atoms with Crippen LogP contribution in [0.4, 0.5) is 0 Å². The maximum absolute atomic E-state index is 12.4. The average Bonchev–Trinajstić information content (AvgIpc) is 3.44. The van der Waals surface area contributed by atoms with Crippen molar-refractivity contribution in [3.8, 4) is 0 Å². The monoisotopic (exact) mass is 690 g/mol. The zero-order chi connectivity index (χ0) is 36.5. The minimum atomic E-state index is -1.18. The average molecular weight is 691 g/mol. The molecule has 7 N–H and O–H groups in total. The first-order chi connectivity index (χ1) is 23.9. The summed E-state index contributed by atoms with van der Waals surface area (Å²) in [7, 11) is 1.85. The number of hydrogen-bond donors (Lipinski definition) is 7. The summed E-state index contributed by atoms with van der Waals surface area (Å²) in [4.78, 5) is 12.0. The number of aliphatic hydroxyl groups is 5. The van der Waals surface area contributed by atoms with Gasteiger partial charge in [0.2, 0.25) is 0 Å². The van der Waals surface area contributed by atoms with E-state index in [9.17, 15) is 30.3 Å². The van der Waals surface area contributed by atoms with Gasteiger partial charge in [-0.15, -0.1) is 0 Å². The first-order valence-electron chi connectivity index (χ1n) is 18.6. The van der Waals surface area contributed by atoms with Crippen molar-refractivity contribution in [2.24, 2.45) is 23.2 Å². The maximum atomic E-state index is 12.4. The summed E-state index contributed by atoms with van der Waals surface area (Å²) in [6.45, 7) is 10.6. The summed E-state index contributed by atoms with van der Waals surface area (Å²) >= 11 is 0. The van der Waals surface area contributed by atoms with E-state index in [1.807, 2.05) is 39.1 Å². The number of aldehydes is 1. The van der Waals surface area contributed by atoms with Crippen LogP contribution in [-0.4, -0.2) is 82.6 Å². The van der Waals surface area contributed by atoms with Gasteiger partial charge in [-0.25, -0.2) is 0 Å². The highest BCUT2D eigenvalue weighted by molar-refractivity contribution is 5.74. The quantitative estimate of drug-likeness (QED) is 0.0714. The van der Waals surface area contributed by atoms with E-state index in [1.54, 1.807) is 0 Å². The van der Waals surface area contributed by atoms with Gasteiger partial charge in [0.05, 0.1) is 18.3 Å². The van der Waals surface area contributed by atoms with Crippen LogP contribution in [0.25, 0.3) is 0 Å². The summed E-state index contributed by atoms with van der Waals surface area (Å²) in [6.07, 6.45) is 13.1. The van der Waals surface area contributed by atoms with E-state index in [0.717, 1.165) is 35.8 Å². The van der Waals surface area contributed by atoms with E-state index in [2.05, 4.69) is 54.5 Å². The third-order valence-electron chi connectivity index (χ3n) is 12.0. The molecule has 2 saturated carbocycles. The molecule has 1 aromatic rings. The number of rotatable bonds is 12. The second-order valence-corrected chi connectivity index (χ2v) is 15.2. The first kappa shape index (κ1) is 40.1. The summed E-state index contributed by atoms with van der Waals surface area (Å²) < 4.78 is 0. The molecule has 4 rings (SSSR count). The van der Waals surface area contributed by atoms with Gasteiger partial charge in [0, 0.05) is 24.0 Å². The molecular weight excluding hydrogens is 628 g/mol. The van der Waals surface area contributed by atoms with Crippen molar-refractivity contribution < 1.29 is 30.3 Å². The van der Waals surface area contributed by atoms with E-state index in [0.29, 0.717) is 69.1 Å². The molecule has 8 nitrogen and oxygen atoms in total. The smallest absolute Gasteiger partial charge is 0.145 e. The van der Waals surface area contributed by atoms with Crippen LogP contribution in [0.5, 0.6) is 0 Å². The van der Waals surface area contributed by atoms with Gasteiger partial charge in [0.25, 0.3) is 0 Å². The van der Waals surface area contributed by atoms with Crippen molar-refractivity contribution in [3.05, 3.63) is 94.1 Å². The Morgan fingerprint density at radius 1 is 1.16 bits per heavy atom. The van der Waals surface area contributed by atoms with Gasteiger partial charge in [-0.05, 0) is 138 Å². The van der Waals surface area contributed by atoms with Crippen molar-refractivity contribution in [3.63, 3.8) is 0 Å². The Morgan fingerprint density at radius 2 is 1.90 bits per heavy atom. The normalized spacial score (nSPS) is 33.5. The topological polar surface area (TPSA) is 142 Å². The molecule has 50 heavy (non-hydrogen) atoms. The van der Waals surface area contributed by atoms with Crippen LogP contribution in [0.15, 0.2) is 83.0 Å². The van der Waals surface area contributed by atoms with Gasteiger partial charge in [-0.3, -0.25) is 10.1 Å². The predicted octanol–water partition coefficient (Wildman–Crippen LogP) is 4.86. The van der Waals surface area contributed by atoms with Crippen LogP contribution in [-0.2, 0) is 17.6 Å². The van der Waals surface area contributed by atoms with Crippen LogP contribution >= 0.6 is 0 Å². The van der Waals surface area contributed by atoms with E-state index in [-0.39, 0.29) is 37.0 Å². The lowest BCUT2D eigenvalue weighted by atomic mass is 9.51. The summed E-state index contributed by atoms with van der Waals surface area (Å²) in [6, 6.07) is 8.73. The Hall–Kier alpha value is -2.69. The number of carbonyl (C=O) groups is 1. The van der Waals surface area contributed by atoms with Crippen molar-refractivity contribution >= 4 is 6.29 Å². The fourth-order valence-electron chi connectivity index (χ4n) is 9.20. The molecule has 0 radical (unpaired) electrons. The van der Waals surface area contributed by atoms with Crippen LogP contribution in [0.1, 0.15) is 83.3 Å². The molecule has 8 atom stereocenters. The molecule has 1 spiro atoms. The molecule has 276 valence electrons. The van der Waals surface area contributed by atoms with Gasteiger partial charge in [0.1, 0.15) is 12.5 Å². The highest BCUT2D eigenvalue weighted by atomic mass is 16.3. The van der Waals surface area contributed by atoms with E-state index >= 15 is 0 Å². The zero-order valence-electron chi connectivity index (χ0n) is 30.7. The van der Waals surface area contributed by atoms with Crippen molar-refractivity contribution in [2.75, 3.05) is 26.8 Å². The minimum absolute atomic E-state index is 0.0105. The maximum Gasteiger partial charge on any atom is 0.145 e. The lowest BCUT2D eigenvalue weighted by Crippen LogP contribution is -2.61. The molecule has 1 aromatic carbocycles. The van der Waals surface area contributed by atoms with Crippen molar-refractivity contribution in [1.29, 1.82) is 0 Å². The van der Waals surface area contributed by atoms with Crippen LogP contribution < -0.4 is 10.6 Å². The largest absolute Gasteiger partial charge is 0.396 e. The van der Waals surface area contributed by atoms with Gasteiger partial charge < -0.3 is 30.8 Å². The first-order valence-corrected chi connectivity index (χ1v) is 18.6. The number of hydrogen-bond acceptors (Lipinski definition) is 8. The third-order valence-corrected chi connectivity index (χ3v) is 12.0. The molecule has 8 heteroatoms. The Bertz CT molecular complexity index is 1450. The van der Waals surface area contributed by atoms with Gasteiger partial charge in [0.15, 0.2) is 0 Å². The molecule has 2 fully saturated rings. The van der Waals surface area contributed by atoms with E-state index < -0.39 is 23.3 Å². The molecule has 1 heterocycles. The lowest BCUT2D eigenvalue weighted by molar-refractivity contribution is -0.180. The van der Waals surface area contributed by atoms with Gasteiger partial charge >= 0.3 is 0 Å². The Balaban J connectivity index is 1.63. The molecule has 3 aliphatic rings. The number of carbonyl (C=O) groups excluding carboxylic acids is 1. The minimum Gasteiger partial charge on any atom is -0.396 e. The second-order valence-electron chi connectivity index (χ2n) is 15.2. The van der Waals surface area contributed by atoms with Crippen LogP contribution in [0.3, 0.4) is 0 Å². The summed E-state index contributed by atoms with van der Waals surface area (Å²) in [5, 5.41) is 62.5. The predicted molar refractivity (Wildman–Crippen MR) is 200 cm³/mol. The highest BCUT2D eigenvalue weighted by Crippen LogP contribution is 2.63. The van der Waals surface area contributed by atoms with E-state index in [1.165, 1.54) is 11.1 Å². The fraction of sp³-hybridized carbons (Fsp3) is 0.595. The molecule has 2 aliphatic carbocycles. The standard InChI is InChI=1S/C42H62N2O6/c1-28(34-15-14-29(2)40(49)44-31(4)23-32-10-7-11-33(24-32)25-34)9-6-12-35(27-47)37-17-19-42(39(37)48)38(13-8-22-45)36(30(3)26-46)16-18-41(42,50)20-21-43-5/h6-7,9-12,14,24,26,31,34,37-40,43-45,47-50H,1,8,13,15-23,25,27H2,2-5H3/t31-,34+,37-,38?,39-,40-,41+,42-/m1/s1. The van der Waals surface area contributed by atoms with Gasteiger partial charge in [-0.2, -0.15) is 0 Å². The fourth-order valence-corrected chi connectivity index (χ4v) is 9.20. The SMILES string of the molecule is C=C(C=CC=C(CO)[C@H]1CC[C@@]2(C(CCCO)C(=C(C)C=O)CC[C@]2(O)CCNC)[C@@H]1O)[C@H]1CC=C(C)[C@@H](O)N[C@H](C)Cc2cccc(c2)C1. The lowest BCUT2D eigenvalue weighted by Gasteiger charge is -2.57. The highest BCUT2D eigenvalue weighted by Gasteiger charge is 2.65. The molecule has 1 unspecified atom stereocenters. The molecule has 2 bridgehead atoms. The molecule has 1 aliphatic heterocycles. The number of benzene rings is 1. The third kappa shape index (κ3) is 8.84. The Labute approximate surface area is 299 Å². The van der Waals surface area contributed by atoms with E-state index in [4.69, 9.17) is 0 Å². The Kier molecular flexibility index (Phi) is 14.6. The van der Waals surface area contributed by atoms with Crippen molar-refractivity contribution in [1.82, 2.24) is 10.6 Å². The van der Waals surface area contributed by atoms with Crippen LogP contribution in [0, 0.1) is 23.2 Å². The molecule has 0 aromatic heterocycles. The molecule has 0 saturated heterocycles. The number of aliphatic hydroxyl groups excluding tert-OH is 4. The second kappa shape index (κ2) is 18.2. The van der Waals surface area contributed by atoms with Crippen molar-refractivity contribution in [2.45, 2.75) is 109 Å². The number of fused-ring (bicyclic) bond motifs is 2. The number of allylic oxidation sites excluding steroid dienone is 7. The van der Waals surface area contributed by atoms with Crippen LogP contribution in [0.2, 0.25) is 0 Å². The molecular formula is C42H62N2O6. The zero-order valence-corrected chi connectivity index (χ0v) is 30.7. The molecule has 0 amide bonds. The summed E-state index contributed by atoms with van der Waals surface area (Å²) in [5.41, 5.74) is 4.47. The summed E-state index contributed by atoms with van der Waals surface area (Å²) in [5.74, 6) is -0.550. The Morgan fingerprint density at radius 3 is 2.58 bits per heavy atom. The number of nitrogens with one attached hydrogen (secondary N) is 2. The van der Waals surface area contributed by atoms with Gasteiger partial charge in [-0.1, -0.05) is 66.3 Å².